The molecule has 1 N–H and O–H groups in total. The third-order valence-corrected chi connectivity index (χ3v) is 4.30. The molecule has 0 spiro atoms. The topological polar surface area (TPSA) is 92.9 Å². The molecule has 0 saturated carbocycles. The van der Waals surface area contributed by atoms with Crippen molar-refractivity contribution in [1.82, 2.24) is 9.88 Å². The normalized spacial score (nSPS) is 19.0. The minimum Gasteiger partial charge on any atom is -0.461 e. The molecule has 1 aliphatic rings. The Hall–Kier alpha value is -3.11. The van der Waals surface area contributed by atoms with Gasteiger partial charge in [0, 0.05) is 31.1 Å². The van der Waals surface area contributed by atoms with Crippen molar-refractivity contribution in [2.75, 3.05) is 20.2 Å². The van der Waals surface area contributed by atoms with Gasteiger partial charge in [-0.2, -0.15) is 0 Å². The van der Waals surface area contributed by atoms with E-state index in [1.807, 2.05) is 0 Å². The SMILES string of the molecule is CCOC(=O)c1nc(-c2cccc(C#C[C@]3(O)CCN(C)C3=O)c2)oc1C. The molecule has 2 aromatic rings. The zero-order valence-electron chi connectivity index (χ0n) is 15.4. The van der Waals surface area contributed by atoms with Crippen LogP contribution in [0, 0.1) is 18.8 Å². The second kappa shape index (κ2) is 7.25. The maximum atomic E-state index is 12.0. The van der Waals surface area contributed by atoms with Gasteiger partial charge < -0.3 is 19.2 Å². The largest absolute Gasteiger partial charge is 0.461 e. The molecule has 1 amide bonds. The quantitative estimate of drug-likeness (QED) is 0.656. The van der Waals surface area contributed by atoms with Crippen LogP contribution in [0.15, 0.2) is 28.7 Å². The predicted octanol–water partition coefficient (Wildman–Crippen LogP) is 1.77. The average Bonchev–Trinajstić information content (AvgIpc) is 3.17. The summed E-state index contributed by atoms with van der Waals surface area (Å²) in [6.45, 7) is 4.08. The summed E-state index contributed by atoms with van der Waals surface area (Å²) in [5, 5.41) is 10.4. The van der Waals surface area contributed by atoms with Crippen LogP contribution in [0.1, 0.15) is 35.2 Å². The van der Waals surface area contributed by atoms with E-state index in [4.69, 9.17) is 9.15 Å². The number of carbonyl (C=O) groups is 2. The van der Waals surface area contributed by atoms with Crippen molar-refractivity contribution in [3.8, 4) is 23.3 Å². The summed E-state index contributed by atoms with van der Waals surface area (Å²) in [4.78, 5) is 29.6. The maximum Gasteiger partial charge on any atom is 0.360 e. The van der Waals surface area contributed by atoms with Gasteiger partial charge in [-0.15, -0.1) is 0 Å². The number of carbonyl (C=O) groups excluding carboxylic acids is 2. The molecule has 0 unspecified atom stereocenters. The number of hydrogen-bond donors (Lipinski definition) is 1. The number of likely N-dealkylation sites (N-methyl/N-ethyl adjacent to an activating group) is 1. The van der Waals surface area contributed by atoms with Crippen LogP contribution in [0.5, 0.6) is 0 Å². The molecule has 2 heterocycles. The molecule has 1 atom stereocenters. The summed E-state index contributed by atoms with van der Waals surface area (Å²) in [6.07, 6.45) is 0.275. The minimum atomic E-state index is -1.65. The van der Waals surface area contributed by atoms with E-state index in [1.54, 1.807) is 45.2 Å². The number of nitrogens with zero attached hydrogens (tertiary/aromatic N) is 2. The molecule has 0 radical (unpaired) electrons. The van der Waals surface area contributed by atoms with E-state index in [-0.39, 0.29) is 24.6 Å². The van der Waals surface area contributed by atoms with Crippen LogP contribution in [-0.4, -0.2) is 52.7 Å². The van der Waals surface area contributed by atoms with Crippen molar-refractivity contribution in [2.45, 2.75) is 25.9 Å². The van der Waals surface area contributed by atoms with Crippen LogP contribution >= 0.6 is 0 Å². The highest BCUT2D eigenvalue weighted by Crippen LogP contribution is 2.24. The highest BCUT2D eigenvalue weighted by molar-refractivity contribution is 5.90. The first kappa shape index (κ1) is 18.7. The lowest BCUT2D eigenvalue weighted by Gasteiger charge is -2.13. The maximum absolute atomic E-state index is 12.0. The van der Waals surface area contributed by atoms with E-state index in [9.17, 15) is 14.7 Å². The number of rotatable bonds is 3. The molecule has 7 nitrogen and oxygen atoms in total. The zero-order chi connectivity index (χ0) is 19.6. The molecule has 1 saturated heterocycles. The number of oxazole rings is 1. The number of ether oxygens (including phenoxy) is 1. The zero-order valence-corrected chi connectivity index (χ0v) is 15.4. The molecule has 27 heavy (non-hydrogen) atoms. The van der Waals surface area contributed by atoms with Gasteiger partial charge in [-0.25, -0.2) is 9.78 Å². The van der Waals surface area contributed by atoms with Crippen LogP contribution in [0.25, 0.3) is 11.5 Å². The van der Waals surface area contributed by atoms with Crippen LogP contribution < -0.4 is 0 Å². The lowest BCUT2D eigenvalue weighted by atomic mass is 10.0. The Bertz CT molecular complexity index is 953. The monoisotopic (exact) mass is 368 g/mol. The number of hydrogen-bond acceptors (Lipinski definition) is 6. The Morgan fingerprint density at radius 3 is 2.93 bits per heavy atom. The Morgan fingerprint density at radius 2 is 2.26 bits per heavy atom. The molecule has 7 heteroatoms. The molecule has 0 aliphatic carbocycles. The van der Waals surface area contributed by atoms with E-state index < -0.39 is 17.5 Å². The standard InChI is InChI=1S/C20H20N2O5/c1-4-26-18(23)16-13(2)27-17(21-16)15-7-5-6-14(12-15)8-9-20(25)10-11-22(3)19(20)24/h5-7,12,25H,4,10-11H2,1-3H3/t20-/m0/s1. The first-order chi connectivity index (χ1) is 12.8. The molecule has 1 aliphatic heterocycles. The molecule has 140 valence electrons. The summed E-state index contributed by atoms with van der Waals surface area (Å²) in [5.41, 5.74) is -0.294. The molecule has 3 rings (SSSR count). The lowest BCUT2D eigenvalue weighted by Crippen LogP contribution is -2.37. The van der Waals surface area contributed by atoms with Crippen molar-refractivity contribution in [3.63, 3.8) is 0 Å². The van der Waals surface area contributed by atoms with Crippen molar-refractivity contribution in [2.24, 2.45) is 0 Å². The van der Waals surface area contributed by atoms with Crippen molar-refractivity contribution in [3.05, 3.63) is 41.3 Å². The molecule has 1 aromatic carbocycles. The summed E-state index contributed by atoms with van der Waals surface area (Å²) in [6, 6.07) is 7.01. The van der Waals surface area contributed by atoms with Crippen LogP contribution in [0.3, 0.4) is 0 Å². The van der Waals surface area contributed by atoms with E-state index in [0.29, 0.717) is 23.4 Å². The third kappa shape index (κ3) is 3.71. The van der Waals surface area contributed by atoms with Gasteiger partial charge in [0.05, 0.1) is 6.61 Å². The summed E-state index contributed by atoms with van der Waals surface area (Å²) in [7, 11) is 1.63. The highest BCUT2D eigenvalue weighted by atomic mass is 16.5. The van der Waals surface area contributed by atoms with Gasteiger partial charge in [0.15, 0.2) is 5.69 Å². The van der Waals surface area contributed by atoms with Gasteiger partial charge >= 0.3 is 5.97 Å². The number of benzene rings is 1. The van der Waals surface area contributed by atoms with E-state index in [0.717, 1.165) is 0 Å². The summed E-state index contributed by atoms with van der Waals surface area (Å²) >= 11 is 0. The third-order valence-electron chi connectivity index (χ3n) is 4.30. The van der Waals surface area contributed by atoms with Crippen LogP contribution in [-0.2, 0) is 9.53 Å². The Kier molecular flexibility index (Phi) is 5.02. The first-order valence-corrected chi connectivity index (χ1v) is 8.60. The fourth-order valence-corrected chi connectivity index (χ4v) is 2.78. The number of amides is 1. The molecular formula is C20H20N2O5. The van der Waals surface area contributed by atoms with Gasteiger partial charge in [-0.05, 0) is 32.0 Å². The Labute approximate surface area is 157 Å². The number of aliphatic hydroxyl groups is 1. The number of aryl methyl sites for hydroxylation is 1. The number of likely N-dealkylation sites (tertiary alicyclic amines) is 1. The number of esters is 1. The van der Waals surface area contributed by atoms with Crippen LogP contribution in [0.2, 0.25) is 0 Å². The number of aromatic nitrogens is 1. The molecule has 1 aromatic heterocycles. The predicted molar refractivity (Wildman–Crippen MR) is 96.7 cm³/mol. The van der Waals surface area contributed by atoms with Gasteiger partial charge in [-0.1, -0.05) is 17.9 Å². The highest BCUT2D eigenvalue weighted by Gasteiger charge is 2.42. The second-order valence-corrected chi connectivity index (χ2v) is 6.31. The van der Waals surface area contributed by atoms with Crippen molar-refractivity contribution < 1.29 is 23.8 Å². The van der Waals surface area contributed by atoms with Gasteiger partial charge in [0.1, 0.15) is 5.76 Å². The summed E-state index contributed by atoms with van der Waals surface area (Å²) < 4.78 is 10.5. The molecule has 0 bridgehead atoms. The fraction of sp³-hybridized carbons (Fsp3) is 0.350. The minimum absolute atomic E-state index is 0.136. The van der Waals surface area contributed by atoms with Crippen LogP contribution in [0.4, 0.5) is 0 Å². The van der Waals surface area contributed by atoms with Crippen molar-refractivity contribution >= 4 is 11.9 Å². The molecular weight excluding hydrogens is 348 g/mol. The van der Waals surface area contributed by atoms with E-state index in [2.05, 4.69) is 16.8 Å². The molecule has 1 fully saturated rings. The van der Waals surface area contributed by atoms with Gasteiger partial charge in [0.2, 0.25) is 11.5 Å². The Balaban J connectivity index is 1.88. The smallest absolute Gasteiger partial charge is 0.360 e. The fourth-order valence-electron chi connectivity index (χ4n) is 2.78. The van der Waals surface area contributed by atoms with E-state index in [1.165, 1.54) is 4.90 Å². The average molecular weight is 368 g/mol. The Morgan fingerprint density at radius 1 is 1.48 bits per heavy atom. The second-order valence-electron chi connectivity index (χ2n) is 6.31. The summed E-state index contributed by atoms with van der Waals surface area (Å²) in [5.74, 6) is 5.23. The van der Waals surface area contributed by atoms with Crippen molar-refractivity contribution in [1.29, 1.82) is 0 Å². The first-order valence-electron chi connectivity index (χ1n) is 8.60. The van der Waals surface area contributed by atoms with Gasteiger partial charge in [-0.3, -0.25) is 4.79 Å². The van der Waals surface area contributed by atoms with Gasteiger partial charge in [0.25, 0.3) is 5.91 Å². The lowest BCUT2D eigenvalue weighted by molar-refractivity contribution is -0.137. The van der Waals surface area contributed by atoms with E-state index >= 15 is 0 Å².